The maximum atomic E-state index is 13.0. The summed E-state index contributed by atoms with van der Waals surface area (Å²) in [5.74, 6) is -0.235. The van der Waals surface area contributed by atoms with Crippen LogP contribution in [0.5, 0.6) is 11.5 Å². The first-order valence-corrected chi connectivity index (χ1v) is 13.8. The van der Waals surface area contributed by atoms with E-state index in [4.69, 9.17) is 27.9 Å². The monoisotopic (exact) mass is 602 g/mol. The first-order chi connectivity index (χ1) is 20.3. The molecule has 42 heavy (non-hydrogen) atoms. The highest BCUT2D eigenvalue weighted by atomic mass is 35.5. The summed E-state index contributed by atoms with van der Waals surface area (Å²) in [6, 6.07) is 23.4. The Morgan fingerprint density at radius 2 is 1.60 bits per heavy atom. The Balaban J connectivity index is 1.47. The van der Waals surface area contributed by atoms with Gasteiger partial charge < -0.3 is 30.9 Å². The van der Waals surface area contributed by atoms with Crippen LogP contribution in [0.25, 0.3) is 22.0 Å². The topological polar surface area (TPSA) is 116 Å². The van der Waals surface area contributed by atoms with Crippen LogP contribution in [0.4, 0.5) is 17.1 Å². The number of hydrogen-bond acceptors (Lipinski definition) is 7. The molecule has 0 spiro atoms. The van der Waals surface area contributed by atoms with E-state index in [1.54, 1.807) is 49.7 Å². The van der Waals surface area contributed by atoms with Crippen LogP contribution < -0.4 is 16.0 Å². The Kier molecular flexibility index (Phi) is 8.97. The van der Waals surface area contributed by atoms with Gasteiger partial charge in [0.25, 0.3) is 5.91 Å². The number of carbonyl (C=O) groups is 1. The number of nitrogens with one attached hydrogen (secondary N) is 3. The number of halogens is 2. The number of ether oxygens (including phenoxy) is 1. The van der Waals surface area contributed by atoms with Crippen LogP contribution in [0.3, 0.4) is 0 Å². The average molecular weight is 604 g/mol. The normalized spacial score (nSPS) is 10.9. The highest BCUT2D eigenvalue weighted by Crippen LogP contribution is 2.33. The molecule has 0 saturated heterocycles. The summed E-state index contributed by atoms with van der Waals surface area (Å²) >= 11 is 11.9. The number of benzene rings is 4. The van der Waals surface area contributed by atoms with E-state index in [9.17, 15) is 15.0 Å². The molecule has 0 aliphatic rings. The zero-order valence-corrected chi connectivity index (χ0v) is 24.1. The predicted octanol–water partition coefficient (Wildman–Crippen LogP) is 7.35. The van der Waals surface area contributed by atoms with Crippen LogP contribution in [0.15, 0.2) is 85.1 Å². The molecule has 1 aromatic heterocycles. The van der Waals surface area contributed by atoms with Crippen LogP contribution >= 0.6 is 23.2 Å². The molecule has 0 unspecified atom stereocenters. The van der Waals surface area contributed by atoms with Gasteiger partial charge in [-0.25, -0.2) is 0 Å². The maximum Gasteiger partial charge on any atom is 0.251 e. The van der Waals surface area contributed by atoms with Crippen molar-refractivity contribution in [2.45, 2.75) is 6.54 Å². The zero-order chi connectivity index (χ0) is 29.6. The van der Waals surface area contributed by atoms with Crippen molar-refractivity contribution in [2.75, 3.05) is 30.9 Å². The lowest BCUT2D eigenvalue weighted by atomic mass is 9.97. The Morgan fingerprint density at radius 3 is 2.33 bits per heavy atom. The number of nitrogens with zero attached hydrogens (tertiary/aromatic N) is 1. The second kappa shape index (κ2) is 13.0. The van der Waals surface area contributed by atoms with Crippen molar-refractivity contribution >= 4 is 57.1 Å². The third kappa shape index (κ3) is 6.86. The van der Waals surface area contributed by atoms with Crippen LogP contribution in [-0.2, 0) is 11.3 Å². The molecule has 8 nitrogen and oxygen atoms in total. The standard InChI is InChI=1S/C32H28Cl2N4O4/c1-42-11-10-36-32(41)22-13-19(18-37-23-3-6-26(33)30(39)16-23)12-21(14-22)20-2-5-25-28(8-9-35-29(25)15-20)38-24-4-7-27(34)31(40)17-24/h2-9,12-17,37,39-40H,10-11,18H2,1H3,(H,35,38)(H,36,41). The van der Waals surface area contributed by atoms with Crippen molar-refractivity contribution in [1.29, 1.82) is 0 Å². The van der Waals surface area contributed by atoms with Gasteiger partial charge in [0.1, 0.15) is 11.5 Å². The summed E-state index contributed by atoms with van der Waals surface area (Å²) in [7, 11) is 1.58. The molecule has 0 radical (unpaired) electrons. The van der Waals surface area contributed by atoms with Gasteiger partial charge in [0.2, 0.25) is 0 Å². The maximum absolute atomic E-state index is 13.0. The molecule has 0 aliphatic carbocycles. The molecule has 0 fully saturated rings. The van der Waals surface area contributed by atoms with E-state index in [0.717, 1.165) is 33.3 Å². The average Bonchev–Trinajstić information content (AvgIpc) is 2.99. The molecule has 5 N–H and O–H groups in total. The van der Waals surface area contributed by atoms with Gasteiger partial charge in [0, 0.05) is 66.5 Å². The molecule has 0 bridgehead atoms. The molecular weight excluding hydrogens is 575 g/mol. The molecule has 5 aromatic rings. The van der Waals surface area contributed by atoms with Gasteiger partial charge in [-0.05, 0) is 71.3 Å². The number of aromatic hydroxyl groups is 2. The number of carbonyl (C=O) groups excluding carboxylic acids is 1. The molecule has 4 aromatic carbocycles. The Bertz CT molecular complexity index is 1760. The van der Waals surface area contributed by atoms with Gasteiger partial charge in [-0.2, -0.15) is 0 Å². The number of phenols is 2. The van der Waals surface area contributed by atoms with E-state index in [1.807, 2.05) is 42.5 Å². The predicted molar refractivity (Wildman–Crippen MR) is 168 cm³/mol. The van der Waals surface area contributed by atoms with Gasteiger partial charge in [0.05, 0.1) is 22.2 Å². The SMILES string of the molecule is COCCNC(=O)c1cc(CNc2ccc(Cl)c(O)c2)cc(-c2ccc3c(Nc4ccc(Cl)c(O)c4)ccnc3c2)c1. The Hall–Kier alpha value is -4.50. The molecular formula is C32H28Cl2N4O4. The number of aromatic nitrogens is 1. The van der Waals surface area contributed by atoms with Gasteiger partial charge >= 0.3 is 0 Å². The summed E-state index contributed by atoms with van der Waals surface area (Å²) in [5.41, 5.74) is 6.04. The van der Waals surface area contributed by atoms with Crippen molar-refractivity contribution in [1.82, 2.24) is 10.3 Å². The fourth-order valence-corrected chi connectivity index (χ4v) is 4.70. The van der Waals surface area contributed by atoms with Gasteiger partial charge in [-0.3, -0.25) is 9.78 Å². The van der Waals surface area contributed by atoms with Crippen molar-refractivity contribution in [3.63, 3.8) is 0 Å². The van der Waals surface area contributed by atoms with Crippen LogP contribution in [0.1, 0.15) is 15.9 Å². The number of phenolic OH excluding ortho intramolecular Hbond substituents is 2. The van der Waals surface area contributed by atoms with E-state index in [2.05, 4.69) is 20.9 Å². The minimum absolute atomic E-state index is 0.00777. The first kappa shape index (κ1) is 29.0. The number of rotatable bonds is 10. The first-order valence-electron chi connectivity index (χ1n) is 13.1. The van der Waals surface area contributed by atoms with Crippen molar-refractivity contribution in [3.05, 3.63) is 106 Å². The number of amides is 1. The minimum atomic E-state index is -0.212. The third-order valence-corrected chi connectivity index (χ3v) is 7.23. The molecule has 10 heteroatoms. The van der Waals surface area contributed by atoms with Gasteiger partial charge in [-0.15, -0.1) is 0 Å². The number of hydrogen-bond donors (Lipinski definition) is 5. The number of fused-ring (bicyclic) bond motifs is 1. The Morgan fingerprint density at radius 1 is 0.857 bits per heavy atom. The van der Waals surface area contributed by atoms with Crippen LogP contribution in [0.2, 0.25) is 10.0 Å². The molecule has 0 aliphatic heterocycles. The van der Waals surface area contributed by atoms with Gasteiger partial charge in [0.15, 0.2) is 0 Å². The number of pyridine rings is 1. The third-order valence-electron chi connectivity index (χ3n) is 6.59. The Labute approximate surface area is 252 Å². The van der Waals surface area contributed by atoms with E-state index >= 15 is 0 Å². The van der Waals surface area contributed by atoms with E-state index < -0.39 is 0 Å². The largest absolute Gasteiger partial charge is 0.506 e. The van der Waals surface area contributed by atoms with E-state index in [-0.39, 0.29) is 27.5 Å². The summed E-state index contributed by atoms with van der Waals surface area (Å²) in [5, 5.41) is 30.8. The van der Waals surface area contributed by atoms with Crippen LogP contribution in [0, 0.1) is 0 Å². The highest BCUT2D eigenvalue weighted by Gasteiger charge is 2.12. The quantitative estimate of drug-likeness (QED) is 0.106. The minimum Gasteiger partial charge on any atom is -0.506 e. The molecule has 0 atom stereocenters. The number of methoxy groups -OCH3 is 1. The number of anilines is 3. The van der Waals surface area contributed by atoms with Crippen LogP contribution in [-0.4, -0.2) is 41.4 Å². The smallest absolute Gasteiger partial charge is 0.251 e. The highest BCUT2D eigenvalue weighted by molar-refractivity contribution is 6.32. The summed E-state index contributed by atoms with van der Waals surface area (Å²) < 4.78 is 5.06. The van der Waals surface area contributed by atoms with Crippen molar-refractivity contribution < 1.29 is 19.7 Å². The zero-order valence-electron chi connectivity index (χ0n) is 22.6. The molecule has 1 heterocycles. The fourth-order valence-electron chi connectivity index (χ4n) is 4.47. The van der Waals surface area contributed by atoms with E-state index in [1.165, 1.54) is 0 Å². The molecule has 5 rings (SSSR count). The summed E-state index contributed by atoms with van der Waals surface area (Å²) in [6.07, 6.45) is 1.71. The molecule has 0 saturated carbocycles. The molecule has 1 amide bonds. The summed E-state index contributed by atoms with van der Waals surface area (Å²) in [6.45, 7) is 1.20. The lowest BCUT2D eigenvalue weighted by Crippen LogP contribution is -2.27. The van der Waals surface area contributed by atoms with Crippen molar-refractivity contribution in [3.8, 4) is 22.6 Å². The second-order valence-electron chi connectivity index (χ2n) is 9.57. The lowest BCUT2D eigenvalue weighted by molar-refractivity contribution is 0.0937. The second-order valence-corrected chi connectivity index (χ2v) is 10.4. The summed E-state index contributed by atoms with van der Waals surface area (Å²) in [4.78, 5) is 17.6. The van der Waals surface area contributed by atoms with Gasteiger partial charge in [-0.1, -0.05) is 35.3 Å². The van der Waals surface area contributed by atoms with Crippen molar-refractivity contribution in [2.24, 2.45) is 0 Å². The molecule has 214 valence electrons. The fraction of sp³-hybridized carbons (Fsp3) is 0.125. The van der Waals surface area contributed by atoms with E-state index in [0.29, 0.717) is 36.6 Å². The lowest BCUT2D eigenvalue weighted by Gasteiger charge is -2.14.